The monoisotopic (exact) mass is 443 g/mol. The number of hydrogen-bond donors (Lipinski definition) is 1. The smallest absolute Gasteiger partial charge is 0.294 e. The molecule has 1 saturated heterocycles. The molecule has 3 heterocycles. The van der Waals surface area contributed by atoms with Gasteiger partial charge in [0.15, 0.2) is 5.82 Å². The van der Waals surface area contributed by atoms with Crippen LogP contribution in [0.2, 0.25) is 0 Å². The van der Waals surface area contributed by atoms with Gasteiger partial charge in [0.1, 0.15) is 0 Å². The molecule has 0 saturated carbocycles. The fraction of sp³-hybridized carbons (Fsp3) is 0.346. The lowest BCUT2D eigenvalue weighted by atomic mass is 10.2. The number of anilines is 1. The number of para-hydroxylation sites is 3. The molecule has 1 fully saturated rings. The third-order valence-corrected chi connectivity index (χ3v) is 6.38. The first-order valence-electron chi connectivity index (χ1n) is 11.8. The number of benzene rings is 2. The van der Waals surface area contributed by atoms with E-state index in [0.717, 1.165) is 49.9 Å². The highest BCUT2D eigenvalue weighted by Gasteiger charge is 2.20. The van der Waals surface area contributed by atoms with Crippen molar-refractivity contribution >= 4 is 33.7 Å². The van der Waals surface area contributed by atoms with E-state index in [4.69, 9.17) is 0 Å². The second kappa shape index (κ2) is 9.48. The maximum atomic E-state index is 13.2. The van der Waals surface area contributed by atoms with Crippen LogP contribution in [0.4, 0.5) is 5.82 Å². The highest BCUT2D eigenvalue weighted by atomic mass is 16.2. The van der Waals surface area contributed by atoms with Crippen LogP contribution in [-0.2, 0) is 17.9 Å². The molecule has 1 amide bonds. The van der Waals surface area contributed by atoms with Crippen LogP contribution in [0.1, 0.15) is 25.7 Å². The van der Waals surface area contributed by atoms with Gasteiger partial charge >= 0.3 is 0 Å². The van der Waals surface area contributed by atoms with Crippen LogP contribution in [0.3, 0.4) is 0 Å². The molecule has 1 aliphatic heterocycles. The van der Waals surface area contributed by atoms with E-state index in [1.807, 2.05) is 36.4 Å². The molecule has 0 aliphatic carbocycles. The van der Waals surface area contributed by atoms with Gasteiger partial charge in [0.2, 0.25) is 5.91 Å². The van der Waals surface area contributed by atoms with Crippen molar-refractivity contribution in [3.05, 3.63) is 71.1 Å². The van der Waals surface area contributed by atoms with E-state index in [1.165, 1.54) is 10.9 Å². The molecule has 0 atom stereocenters. The topological polar surface area (TPSA) is 72.2 Å². The van der Waals surface area contributed by atoms with Gasteiger partial charge < -0.3 is 19.4 Å². The molecule has 7 heteroatoms. The van der Waals surface area contributed by atoms with Crippen molar-refractivity contribution in [2.24, 2.45) is 0 Å². The molecule has 33 heavy (non-hydrogen) atoms. The second-order valence-electron chi connectivity index (χ2n) is 8.60. The van der Waals surface area contributed by atoms with E-state index in [1.54, 1.807) is 4.57 Å². The molecule has 7 nitrogen and oxygen atoms in total. The number of aryl methyl sites for hydroxylation is 2. The Kier molecular flexibility index (Phi) is 6.11. The number of rotatable bonds is 8. The molecule has 0 unspecified atom stereocenters. The summed E-state index contributed by atoms with van der Waals surface area (Å²) in [7, 11) is 0. The molecule has 2 aromatic heterocycles. The van der Waals surface area contributed by atoms with Crippen molar-refractivity contribution in [3.63, 3.8) is 0 Å². The van der Waals surface area contributed by atoms with Gasteiger partial charge in [-0.25, -0.2) is 4.98 Å². The van der Waals surface area contributed by atoms with Crippen LogP contribution in [0.25, 0.3) is 21.9 Å². The molecular formula is C26H29N5O2. The number of carbonyl (C=O) groups is 1. The fourth-order valence-electron chi connectivity index (χ4n) is 4.65. The van der Waals surface area contributed by atoms with E-state index in [9.17, 15) is 9.59 Å². The summed E-state index contributed by atoms with van der Waals surface area (Å²) in [6.07, 6.45) is 5.36. The first-order chi connectivity index (χ1) is 16.2. The number of fused-ring (bicyclic) bond motifs is 2. The van der Waals surface area contributed by atoms with Crippen LogP contribution in [-0.4, -0.2) is 39.7 Å². The molecular weight excluding hydrogens is 414 g/mol. The number of amides is 1. The first-order valence-corrected chi connectivity index (χ1v) is 11.8. The fourth-order valence-corrected chi connectivity index (χ4v) is 4.65. The molecule has 2 aromatic carbocycles. The molecule has 0 radical (unpaired) electrons. The molecule has 170 valence electrons. The zero-order chi connectivity index (χ0) is 22.6. The van der Waals surface area contributed by atoms with Gasteiger partial charge in [0, 0.05) is 50.9 Å². The van der Waals surface area contributed by atoms with Crippen molar-refractivity contribution in [2.45, 2.75) is 38.8 Å². The molecule has 1 N–H and O–H groups in total. The highest BCUT2D eigenvalue weighted by molar-refractivity contribution is 5.80. The van der Waals surface area contributed by atoms with Crippen molar-refractivity contribution < 1.29 is 4.79 Å². The summed E-state index contributed by atoms with van der Waals surface area (Å²) in [5.41, 5.74) is 2.67. The van der Waals surface area contributed by atoms with Gasteiger partial charge in [0.05, 0.1) is 11.0 Å². The Labute approximate surface area is 192 Å². The molecule has 5 rings (SSSR count). The van der Waals surface area contributed by atoms with Crippen molar-refractivity contribution in [3.8, 4) is 0 Å². The van der Waals surface area contributed by atoms with Gasteiger partial charge in [-0.2, -0.15) is 0 Å². The zero-order valence-corrected chi connectivity index (χ0v) is 18.7. The number of nitrogens with one attached hydrogen (secondary N) is 1. The summed E-state index contributed by atoms with van der Waals surface area (Å²) in [5.74, 6) is 0.466. The third kappa shape index (κ3) is 4.49. The van der Waals surface area contributed by atoms with Gasteiger partial charge in [-0.05, 0) is 48.9 Å². The van der Waals surface area contributed by atoms with Crippen LogP contribution < -0.4 is 15.8 Å². The Bertz CT molecular complexity index is 1330. The quantitative estimate of drug-likeness (QED) is 0.423. The summed E-state index contributed by atoms with van der Waals surface area (Å²) in [6, 6.07) is 18.1. The Hall–Kier alpha value is -3.61. The lowest BCUT2D eigenvalue weighted by Crippen LogP contribution is -2.33. The Balaban J connectivity index is 1.21. The van der Waals surface area contributed by atoms with E-state index in [0.29, 0.717) is 18.9 Å². The van der Waals surface area contributed by atoms with Gasteiger partial charge in [-0.15, -0.1) is 0 Å². The Morgan fingerprint density at radius 2 is 1.70 bits per heavy atom. The van der Waals surface area contributed by atoms with Crippen LogP contribution in [0.15, 0.2) is 65.6 Å². The summed E-state index contributed by atoms with van der Waals surface area (Å²) in [4.78, 5) is 32.4. The van der Waals surface area contributed by atoms with E-state index < -0.39 is 0 Å². The van der Waals surface area contributed by atoms with E-state index >= 15 is 0 Å². The van der Waals surface area contributed by atoms with Crippen molar-refractivity contribution in [1.82, 2.24) is 19.4 Å². The molecule has 0 spiro atoms. The minimum absolute atomic E-state index is 0.0390. The number of carbonyl (C=O) groups excluding carboxylic acids is 1. The summed E-state index contributed by atoms with van der Waals surface area (Å²) in [5, 5.41) is 4.23. The van der Waals surface area contributed by atoms with Gasteiger partial charge in [0.25, 0.3) is 5.56 Å². The predicted molar refractivity (Wildman–Crippen MR) is 132 cm³/mol. The number of nitrogens with zero attached hydrogens (tertiary/aromatic N) is 4. The normalized spacial score (nSPS) is 13.8. The highest BCUT2D eigenvalue weighted by Crippen LogP contribution is 2.19. The minimum atomic E-state index is -0.108. The number of hydrogen-bond acceptors (Lipinski definition) is 4. The zero-order valence-electron chi connectivity index (χ0n) is 18.7. The molecule has 1 aliphatic rings. The number of aromatic nitrogens is 3. The molecule has 0 bridgehead atoms. The van der Waals surface area contributed by atoms with Crippen LogP contribution in [0, 0.1) is 0 Å². The van der Waals surface area contributed by atoms with Gasteiger partial charge in [-0.1, -0.05) is 30.3 Å². The lowest BCUT2D eigenvalue weighted by Gasteiger charge is -2.19. The third-order valence-electron chi connectivity index (χ3n) is 6.38. The van der Waals surface area contributed by atoms with E-state index in [-0.39, 0.29) is 17.9 Å². The predicted octanol–water partition coefficient (Wildman–Crippen LogP) is 3.55. The van der Waals surface area contributed by atoms with E-state index in [2.05, 4.69) is 44.2 Å². The summed E-state index contributed by atoms with van der Waals surface area (Å²) >= 11 is 0. The summed E-state index contributed by atoms with van der Waals surface area (Å²) in [6.45, 7) is 3.52. The Morgan fingerprint density at radius 3 is 2.55 bits per heavy atom. The largest absolute Gasteiger partial charge is 0.356 e. The minimum Gasteiger partial charge on any atom is -0.356 e. The van der Waals surface area contributed by atoms with Crippen LogP contribution >= 0.6 is 0 Å². The SMILES string of the molecule is O=C(CCn1c(=O)c(N2CCCC2)nc2ccccc21)NCCCn1ccc2ccccc21. The average Bonchev–Trinajstić information content (AvgIpc) is 3.51. The lowest BCUT2D eigenvalue weighted by molar-refractivity contribution is -0.121. The van der Waals surface area contributed by atoms with Gasteiger partial charge in [-0.3, -0.25) is 9.59 Å². The Morgan fingerprint density at radius 1 is 0.939 bits per heavy atom. The van der Waals surface area contributed by atoms with Crippen molar-refractivity contribution in [2.75, 3.05) is 24.5 Å². The van der Waals surface area contributed by atoms with Crippen molar-refractivity contribution in [1.29, 1.82) is 0 Å². The molecule has 4 aromatic rings. The first kappa shape index (κ1) is 21.2. The standard InChI is InChI=1S/C26H29N5O2/c32-24(27-14-7-17-29-18-12-20-8-1-3-10-22(20)29)13-19-31-23-11-4-2-9-21(23)28-25(26(31)33)30-15-5-6-16-30/h1-4,8-12,18H,5-7,13-17,19H2,(H,27,32). The average molecular weight is 444 g/mol. The maximum absolute atomic E-state index is 13.2. The maximum Gasteiger partial charge on any atom is 0.294 e. The van der Waals surface area contributed by atoms with Crippen LogP contribution in [0.5, 0.6) is 0 Å². The second-order valence-corrected chi connectivity index (χ2v) is 8.60. The summed E-state index contributed by atoms with van der Waals surface area (Å²) < 4.78 is 3.92.